The molecular formula is C7H13NO3. The molecule has 1 aliphatic rings. The molecular weight excluding hydrogens is 146 g/mol. The van der Waals surface area contributed by atoms with Gasteiger partial charge in [-0.1, -0.05) is 0 Å². The molecule has 0 aliphatic carbocycles. The van der Waals surface area contributed by atoms with Gasteiger partial charge in [-0.15, -0.1) is 0 Å². The van der Waals surface area contributed by atoms with Crippen LogP contribution in [0.2, 0.25) is 0 Å². The number of hydrogen-bond acceptors (Lipinski definition) is 3. The summed E-state index contributed by atoms with van der Waals surface area (Å²) in [6, 6.07) is 0.0347. The molecule has 64 valence electrons. The van der Waals surface area contributed by atoms with Crippen molar-refractivity contribution < 1.29 is 14.6 Å². The fraction of sp³-hybridized carbons (Fsp3) is 0.857. The van der Waals surface area contributed by atoms with Crippen molar-refractivity contribution in [2.75, 3.05) is 27.3 Å². The summed E-state index contributed by atoms with van der Waals surface area (Å²) in [5, 5.41) is 8.73. The van der Waals surface area contributed by atoms with E-state index < -0.39 is 5.97 Å². The van der Waals surface area contributed by atoms with Crippen LogP contribution >= 0.6 is 0 Å². The lowest BCUT2D eigenvalue weighted by Gasteiger charge is -2.20. The van der Waals surface area contributed by atoms with Crippen molar-refractivity contribution in [1.82, 2.24) is 4.90 Å². The summed E-state index contributed by atoms with van der Waals surface area (Å²) >= 11 is 0. The highest BCUT2D eigenvalue weighted by Gasteiger charge is 2.35. The summed E-state index contributed by atoms with van der Waals surface area (Å²) in [5.74, 6) is -1.12. The second-order valence-corrected chi connectivity index (χ2v) is 3.01. The summed E-state index contributed by atoms with van der Waals surface area (Å²) in [6.07, 6.45) is 0. The summed E-state index contributed by atoms with van der Waals surface area (Å²) < 4.78 is 5.07. The zero-order valence-corrected chi connectivity index (χ0v) is 6.78. The van der Waals surface area contributed by atoms with Gasteiger partial charge in [0.1, 0.15) is 0 Å². The van der Waals surface area contributed by atoms with Crippen LogP contribution in [0.25, 0.3) is 0 Å². The van der Waals surface area contributed by atoms with Gasteiger partial charge in [0.05, 0.1) is 19.1 Å². The predicted octanol–water partition coefficient (Wildman–Crippen LogP) is -0.352. The SMILES string of the molecule is CN(C)[C@H]1COC[C@@H]1C(=O)O. The quantitative estimate of drug-likeness (QED) is 0.598. The number of rotatable bonds is 2. The third-order valence-electron chi connectivity index (χ3n) is 2.03. The van der Waals surface area contributed by atoms with E-state index in [4.69, 9.17) is 9.84 Å². The van der Waals surface area contributed by atoms with Gasteiger partial charge in [0, 0.05) is 6.04 Å². The van der Waals surface area contributed by atoms with Crippen LogP contribution < -0.4 is 0 Å². The Bertz CT molecular complexity index is 158. The van der Waals surface area contributed by atoms with Crippen LogP contribution in [0.4, 0.5) is 0 Å². The zero-order chi connectivity index (χ0) is 8.43. The number of likely N-dealkylation sites (N-methyl/N-ethyl adjacent to an activating group) is 1. The standard InChI is InChI=1S/C7H13NO3/c1-8(2)6-4-11-3-5(6)7(9)10/h5-6H,3-4H2,1-2H3,(H,9,10)/t5-,6-/m0/s1. The Labute approximate surface area is 65.8 Å². The highest BCUT2D eigenvalue weighted by Crippen LogP contribution is 2.17. The molecule has 0 unspecified atom stereocenters. The second-order valence-electron chi connectivity index (χ2n) is 3.01. The minimum atomic E-state index is -0.763. The maximum absolute atomic E-state index is 10.6. The molecule has 0 radical (unpaired) electrons. The van der Waals surface area contributed by atoms with Crippen LogP contribution in [-0.4, -0.2) is 49.3 Å². The third kappa shape index (κ3) is 1.70. The minimum absolute atomic E-state index is 0.0347. The Morgan fingerprint density at radius 1 is 1.55 bits per heavy atom. The first-order chi connectivity index (χ1) is 5.13. The van der Waals surface area contributed by atoms with E-state index in [-0.39, 0.29) is 12.0 Å². The summed E-state index contributed by atoms with van der Waals surface area (Å²) in [7, 11) is 3.74. The van der Waals surface area contributed by atoms with E-state index in [0.717, 1.165) is 0 Å². The monoisotopic (exact) mass is 159 g/mol. The predicted molar refractivity (Wildman–Crippen MR) is 39.4 cm³/mol. The largest absolute Gasteiger partial charge is 0.481 e. The van der Waals surface area contributed by atoms with Gasteiger partial charge in [-0.05, 0) is 14.1 Å². The van der Waals surface area contributed by atoms with Gasteiger partial charge in [-0.2, -0.15) is 0 Å². The molecule has 1 fully saturated rings. The molecule has 0 aromatic carbocycles. The molecule has 0 aromatic heterocycles. The zero-order valence-electron chi connectivity index (χ0n) is 6.78. The molecule has 1 aliphatic heterocycles. The van der Waals surface area contributed by atoms with Crippen molar-refractivity contribution in [2.45, 2.75) is 6.04 Å². The maximum Gasteiger partial charge on any atom is 0.310 e. The van der Waals surface area contributed by atoms with E-state index in [2.05, 4.69) is 0 Å². The van der Waals surface area contributed by atoms with Crippen LogP contribution in [0.1, 0.15) is 0 Å². The maximum atomic E-state index is 10.6. The lowest BCUT2D eigenvalue weighted by molar-refractivity contribution is -0.142. The van der Waals surface area contributed by atoms with Crippen molar-refractivity contribution >= 4 is 5.97 Å². The van der Waals surface area contributed by atoms with Gasteiger partial charge >= 0.3 is 5.97 Å². The van der Waals surface area contributed by atoms with Crippen LogP contribution in [0.5, 0.6) is 0 Å². The average molecular weight is 159 g/mol. The number of carboxylic acids is 1. The van der Waals surface area contributed by atoms with E-state index in [1.54, 1.807) is 0 Å². The molecule has 0 spiro atoms. The van der Waals surface area contributed by atoms with Crippen molar-refractivity contribution in [3.05, 3.63) is 0 Å². The van der Waals surface area contributed by atoms with Crippen molar-refractivity contribution in [3.8, 4) is 0 Å². The number of ether oxygens (including phenoxy) is 1. The summed E-state index contributed by atoms with van der Waals surface area (Å²) in [6.45, 7) is 0.877. The first-order valence-corrected chi connectivity index (χ1v) is 3.60. The molecule has 0 aromatic rings. The fourth-order valence-corrected chi connectivity index (χ4v) is 1.29. The van der Waals surface area contributed by atoms with E-state index >= 15 is 0 Å². The molecule has 1 heterocycles. The molecule has 1 rings (SSSR count). The van der Waals surface area contributed by atoms with E-state index in [1.807, 2.05) is 19.0 Å². The fourth-order valence-electron chi connectivity index (χ4n) is 1.29. The molecule has 4 nitrogen and oxygen atoms in total. The van der Waals surface area contributed by atoms with Gasteiger partial charge in [-0.3, -0.25) is 4.79 Å². The number of carbonyl (C=O) groups is 1. The molecule has 11 heavy (non-hydrogen) atoms. The average Bonchev–Trinajstić information content (AvgIpc) is 2.32. The van der Waals surface area contributed by atoms with Crippen LogP contribution in [0.3, 0.4) is 0 Å². The summed E-state index contributed by atoms with van der Waals surface area (Å²) in [5.41, 5.74) is 0. The lowest BCUT2D eigenvalue weighted by atomic mass is 10.0. The number of carboxylic acid groups (broad SMARTS) is 1. The highest BCUT2D eigenvalue weighted by molar-refractivity contribution is 5.71. The molecule has 0 saturated carbocycles. The minimum Gasteiger partial charge on any atom is -0.481 e. The van der Waals surface area contributed by atoms with Gasteiger partial charge in [0.25, 0.3) is 0 Å². The molecule has 1 N–H and O–H groups in total. The Morgan fingerprint density at radius 2 is 2.18 bits per heavy atom. The van der Waals surface area contributed by atoms with Crippen molar-refractivity contribution in [1.29, 1.82) is 0 Å². The van der Waals surface area contributed by atoms with Crippen LogP contribution in [0.15, 0.2) is 0 Å². The highest BCUT2D eigenvalue weighted by atomic mass is 16.5. The van der Waals surface area contributed by atoms with Crippen molar-refractivity contribution in [2.24, 2.45) is 5.92 Å². The van der Waals surface area contributed by atoms with E-state index in [9.17, 15) is 4.79 Å². The molecule has 0 bridgehead atoms. The van der Waals surface area contributed by atoms with Crippen LogP contribution in [-0.2, 0) is 9.53 Å². The topological polar surface area (TPSA) is 49.8 Å². The lowest BCUT2D eigenvalue weighted by Crippen LogP contribution is -2.38. The van der Waals surface area contributed by atoms with Gasteiger partial charge in [-0.25, -0.2) is 0 Å². The summed E-state index contributed by atoms with van der Waals surface area (Å²) in [4.78, 5) is 12.5. The van der Waals surface area contributed by atoms with Gasteiger partial charge in [0.2, 0.25) is 0 Å². The first kappa shape index (κ1) is 8.49. The Morgan fingerprint density at radius 3 is 2.55 bits per heavy atom. The number of hydrogen-bond donors (Lipinski definition) is 1. The van der Waals surface area contributed by atoms with Gasteiger partial charge in [0.15, 0.2) is 0 Å². The van der Waals surface area contributed by atoms with E-state index in [1.165, 1.54) is 0 Å². The van der Waals surface area contributed by atoms with Crippen LogP contribution in [0, 0.1) is 5.92 Å². The van der Waals surface area contributed by atoms with Gasteiger partial charge < -0.3 is 14.7 Å². The smallest absolute Gasteiger partial charge is 0.310 e. The molecule has 1 saturated heterocycles. The molecule has 2 atom stereocenters. The van der Waals surface area contributed by atoms with Crippen molar-refractivity contribution in [3.63, 3.8) is 0 Å². The normalized spacial score (nSPS) is 31.2. The number of aliphatic carboxylic acids is 1. The van der Waals surface area contributed by atoms with E-state index in [0.29, 0.717) is 13.2 Å². The first-order valence-electron chi connectivity index (χ1n) is 3.60. The Hall–Kier alpha value is -0.610. The Kier molecular flexibility index (Phi) is 2.46. The third-order valence-corrected chi connectivity index (χ3v) is 2.03. The molecule has 4 heteroatoms. The second kappa shape index (κ2) is 3.19. The molecule has 0 amide bonds. The number of nitrogens with zero attached hydrogens (tertiary/aromatic N) is 1. The Balaban J connectivity index is 2.58.